The molecular weight excluding hydrogens is 382 g/mol. The van der Waals surface area contributed by atoms with Crippen LogP contribution in [0, 0.1) is 6.92 Å². The van der Waals surface area contributed by atoms with Crippen LogP contribution < -0.4 is 10.6 Å². The molecule has 1 atom stereocenters. The van der Waals surface area contributed by atoms with E-state index in [1.165, 1.54) is 30.4 Å². The van der Waals surface area contributed by atoms with Crippen molar-refractivity contribution in [3.05, 3.63) is 64.0 Å². The Balaban J connectivity index is 1.55. The molecule has 2 N–H and O–H groups in total. The standard InChI is InChI=1S/C19H17N3O5S/c1-11-10-16(22-27-11)21-17(23)12(2)26-19(25)13-5-7-14(8-6-13)20-18(24)15-4-3-9-28-15/h3-10,12H,1-2H3,(H,20,24)(H,21,22,23)/t12-/m0/s1. The van der Waals surface area contributed by atoms with E-state index in [2.05, 4.69) is 15.8 Å². The number of anilines is 2. The Morgan fingerprint density at radius 3 is 2.50 bits per heavy atom. The lowest BCUT2D eigenvalue weighted by Crippen LogP contribution is -2.30. The van der Waals surface area contributed by atoms with Gasteiger partial charge in [-0.15, -0.1) is 11.3 Å². The van der Waals surface area contributed by atoms with Gasteiger partial charge in [0.15, 0.2) is 11.9 Å². The van der Waals surface area contributed by atoms with Crippen molar-refractivity contribution >= 4 is 40.6 Å². The molecule has 0 bridgehead atoms. The van der Waals surface area contributed by atoms with Gasteiger partial charge in [0.1, 0.15) is 5.76 Å². The van der Waals surface area contributed by atoms with E-state index in [4.69, 9.17) is 9.26 Å². The number of nitrogens with zero attached hydrogens (tertiary/aromatic N) is 1. The van der Waals surface area contributed by atoms with Gasteiger partial charge in [0.05, 0.1) is 10.4 Å². The van der Waals surface area contributed by atoms with Gasteiger partial charge in [0.2, 0.25) is 0 Å². The Hall–Kier alpha value is -3.46. The molecule has 1 aromatic carbocycles. The molecule has 0 fully saturated rings. The van der Waals surface area contributed by atoms with Crippen molar-refractivity contribution in [1.82, 2.24) is 5.16 Å². The van der Waals surface area contributed by atoms with Crippen molar-refractivity contribution in [2.75, 3.05) is 10.6 Å². The number of carbonyl (C=O) groups excluding carboxylic acids is 3. The number of esters is 1. The fraction of sp³-hybridized carbons (Fsp3) is 0.158. The van der Waals surface area contributed by atoms with Crippen LogP contribution >= 0.6 is 11.3 Å². The minimum absolute atomic E-state index is 0.223. The van der Waals surface area contributed by atoms with Gasteiger partial charge in [0, 0.05) is 11.8 Å². The fourth-order valence-corrected chi connectivity index (χ4v) is 2.84. The predicted molar refractivity (Wildman–Crippen MR) is 103 cm³/mol. The first kappa shape index (κ1) is 19.3. The Morgan fingerprint density at radius 1 is 1.14 bits per heavy atom. The minimum atomic E-state index is -1.03. The number of hydrogen-bond acceptors (Lipinski definition) is 7. The number of nitrogens with one attached hydrogen (secondary N) is 2. The molecule has 0 unspecified atom stereocenters. The SMILES string of the molecule is Cc1cc(NC(=O)[C@H](C)OC(=O)c2ccc(NC(=O)c3cccs3)cc2)no1. The van der Waals surface area contributed by atoms with Crippen molar-refractivity contribution in [1.29, 1.82) is 0 Å². The van der Waals surface area contributed by atoms with Gasteiger partial charge in [-0.3, -0.25) is 9.59 Å². The van der Waals surface area contributed by atoms with Crippen LogP contribution in [0.5, 0.6) is 0 Å². The van der Waals surface area contributed by atoms with Crippen molar-refractivity contribution in [3.8, 4) is 0 Å². The van der Waals surface area contributed by atoms with E-state index in [-0.39, 0.29) is 17.3 Å². The smallest absolute Gasteiger partial charge is 0.338 e. The lowest BCUT2D eigenvalue weighted by Gasteiger charge is -2.12. The number of aromatic nitrogens is 1. The molecule has 0 aliphatic rings. The normalized spacial score (nSPS) is 11.5. The minimum Gasteiger partial charge on any atom is -0.449 e. The summed E-state index contributed by atoms with van der Waals surface area (Å²) < 4.78 is 10.0. The zero-order valence-corrected chi connectivity index (χ0v) is 15.9. The molecule has 9 heteroatoms. The zero-order chi connectivity index (χ0) is 20.1. The first-order valence-electron chi connectivity index (χ1n) is 8.32. The van der Waals surface area contributed by atoms with Crippen LogP contribution in [-0.2, 0) is 9.53 Å². The van der Waals surface area contributed by atoms with Crippen LogP contribution in [0.3, 0.4) is 0 Å². The van der Waals surface area contributed by atoms with E-state index in [9.17, 15) is 14.4 Å². The number of thiophene rings is 1. The van der Waals surface area contributed by atoms with Crippen LogP contribution in [-0.4, -0.2) is 29.0 Å². The number of hydrogen-bond donors (Lipinski definition) is 2. The number of amides is 2. The lowest BCUT2D eigenvalue weighted by atomic mass is 10.2. The summed E-state index contributed by atoms with van der Waals surface area (Å²) in [5.41, 5.74) is 0.799. The molecular formula is C19H17N3O5S. The largest absolute Gasteiger partial charge is 0.449 e. The maximum absolute atomic E-state index is 12.2. The highest BCUT2D eigenvalue weighted by molar-refractivity contribution is 7.12. The van der Waals surface area contributed by atoms with Gasteiger partial charge in [-0.1, -0.05) is 11.2 Å². The highest BCUT2D eigenvalue weighted by Gasteiger charge is 2.20. The Morgan fingerprint density at radius 2 is 1.89 bits per heavy atom. The second-order valence-corrected chi connectivity index (χ2v) is 6.82. The summed E-state index contributed by atoms with van der Waals surface area (Å²) in [5.74, 6) is -0.613. The lowest BCUT2D eigenvalue weighted by molar-refractivity contribution is -0.123. The molecule has 3 rings (SSSR count). The first-order chi connectivity index (χ1) is 13.4. The second kappa shape index (κ2) is 8.49. The molecule has 144 valence electrons. The number of aryl methyl sites for hydroxylation is 1. The molecule has 0 aliphatic carbocycles. The molecule has 0 radical (unpaired) electrons. The molecule has 2 amide bonds. The number of benzene rings is 1. The third-order valence-corrected chi connectivity index (χ3v) is 4.52. The summed E-state index contributed by atoms with van der Waals surface area (Å²) in [4.78, 5) is 36.9. The van der Waals surface area contributed by atoms with Crippen molar-refractivity contribution in [2.45, 2.75) is 20.0 Å². The number of rotatable bonds is 6. The topological polar surface area (TPSA) is 111 Å². The summed E-state index contributed by atoms with van der Waals surface area (Å²) in [6, 6.07) is 11.3. The van der Waals surface area contributed by atoms with Crippen LogP contribution in [0.1, 0.15) is 32.7 Å². The summed E-state index contributed by atoms with van der Waals surface area (Å²) >= 11 is 1.34. The number of ether oxygens (including phenoxy) is 1. The van der Waals surface area contributed by atoms with Crippen LogP contribution in [0.4, 0.5) is 11.5 Å². The Bertz CT molecular complexity index is 979. The van der Waals surface area contributed by atoms with Crippen LogP contribution in [0.25, 0.3) is 0 Å². The van der Waals surface area contributed by atoms with Gasteiger partial charge in [-0.2, -0.15) is 0 Å². The second-order valence-electron chi connectivity index (χ2n) is 5.87. The van der Waals surface area contributed by atoms with Gasteiger partial charge in [-0.25, -0.2) is 4.79 Å². The van der Waals surface area contributed by atoms with E-state index in [1.807, 2.05) is 5.38 Å². The van der Waals surface area contributed by atoms with Crippen molar-refractivity contribution in [3.63, 3.8) is 0 Å². The highest BCUT2D eigenvalue weighted by Crippen LogP contribution is 2.15. The Kier molecular flexibility index (Phi) is 5.85. The maximum Gasteiger partial charge on any atom is 0.338 e. The summed E-state index contributed by atoms with van der Waals surface area (Å²) in [5, 5.41) is 10.7. The maximum atomic E-state index is 12.2. The van der Waals surface area contributed by atoms with E-state index in [0.717, 1.165) is 0 Å². The third-order valence-electron chi connectivity index (χ3n) is 3.66. The molecule has 8 nitrogen and oxygen atoms in total. The van der Waals surface area contributed by atoms with Crippen LogP contribution in [0.2, 0.25) is 0 Å². The van der Waals surface area contributed by atoms with Gasteiger partial charge in [0.25, 0.3) is 11.8 Å². The van der Waals surface area contributed by atoms with E-state index >= 15 is 0 Å². The van der Waals surface area contributed by atoms with Crippen molar-refractivity contribution in [2.24, 2.45) is 0 Å². The molecule has 3 aromatic rings. The molecule has 0 saturated carbocycles. The Labute approximate surface area is 164 Å². The summed E-state index contributed by atoms with van der Waals surface area (Å²) in [7, 11) is 0. The van der Waals surface area contributed by atoms with Crippen molar-refractivity contribution < 1.29 is 23.6 Å². The molecule has 28 heavy (non-hydrogen) atoms. The monoisotopic (exact) mass is 399 g/mol. The molecule has 0 saturated heterocycles. The quantitative estimate of drug-likeness (QED) is 0.614. The molecule has 0 aliphatic heterocycles. The van der Waals surface area contributed by atoms with E-state index in [0.29, 0.717) is 16.3 Å². The average Bonchev–Trinajstić information content (AvgIpc) is 3.34. The van der Waals surface area contributed by atoms with Gasteiger partial charge < -0.3 is 19.9 Å². The van der Waals surface area contributed by atoms with Gasteiger partial charge in [-0.05, 0) is 49.6 Å². The van der Waals surface area contributed by atoms with Crippen LogP contribution in [0.15, 0.2) is 52.4 Å². The molecule has 2 heterocycles. The number of carbonyl (C=O) groups is 3. The average molecular weight is 399 g/mol. The third kappa shape index (κ3) is 4.83. The van der Waals surface area contributed by atoms with E-state index in [1.54, 1.807) is 37.3 Å². The van der Waals surface area contributed by atoms with E-state index < -0.39 is 18.0 Å². The molecule has 0 spiro atoms. The predicted octanol–water partition coefficient (Wildman–Crippen LogP) is 3.48. The van der Waals surface area contributed by atoms with Gasteiger partial charge >= 0.3 is 5.97 Å². The fourth-order valence-electron chi connectivity index (χ4n) is 2.23. The first-order valence-corrected chi connectivity index (χ1v) is 9.20. The molecule has 2 aromatic heterocycles. The zero-order valence-electron chi connectivity index (χ0n) is 15.1. The highest BCUT2D eigenvalue weighted by atomic mass is 32.1. The summed E-state index contributed by atoms with van der Waals surface area (Å²) in [6.45, 7) is 3.15. The summed E-state index contributed by atoms with van der Waals surface area (Å²) in [6.07, 6.45) is -1.03.